The normalized spacial score (nSPS) is 9.54. The van der Waals surface area contributed by atoms with E-state index in [4.69, 9.17) is 0 Å². The van der Waals surface area contributed by atoms with E-state index in [9.17, 15) is 25.0 Å². The molecule has 0 spiro atoms. The van der Waals surface area contributed by atoms with Gasteiger partial charge in [-0.1, -0.05) is 0 Å². The number of hydrogen-bond donors (Lipinski definition) is 0. The lowest BCUT2D eigenvalue weighted by molar-refractivity contribution is -0.546. The molecule has 0 aromatic carbocycles. The van der Waals surface area contributed by atoms with Crippen molar-refractivity contribution in [3.8, 4) is 0 Å². The van der Waals surface area contributed by atoms with Gasteiger partial charge < -0.3 is 0 Å². The van der Waals surface area contributed by atoms with Gasteiger partial charge in [0.1, 0.15) is 0 Å². The molecular weight excluding hydrogens is 182 g/mol. The summed E-state index contributed by atoms with van der Waals surface area (Å²) in [5.74, 6) is 0. The summed E-state index contributed by atoms with van der Waals surface area (Å²) in [5.41, 5.74) is -1.42. The second-order valence-electron chi connectivity index (χ2n) is 2.07. The molecule has 8 heteroatoms. The first-order chi connectivity index (χ1) is 6.02. The molecule has 1 aromatic heterocycles. The van der Waals surface area contributed by atoms with Gasteiger partial charge in [0.2, 0.25) is 0 Å². The van der Waals surface area contributed by atoms with Crippen LogP contribution in [0, 0.1) is 20.2 Å². The molecule has 1 aromatic rings. The molecule has 68 valence electrons. The fourth-order valence-electron chi connectivity index (χ4n) is 0.701. The van der Waals surface area contributed by atoms with Crippen molar-refractivity contribution in [2.24, 2.45) is 0 Å². The van der Waals surface area contributed by atoms with Gasteiger partial charge in [-0.3, -0.25) is 14.9 Å². The molecule has 0 N–H and O–H groups in total. The van der Waals surface area contributed by atoms with E-state index in [0.717, 1.165) is 12.1 Å². The molecule has 13 heavy (non-hydrogen) atoms. The Balaban J connectivity index is 3.35. The Kier molecular flexibility index (Phi) is 2.05. The molecule has 1 heterocycles. The van der Waals surface area contributed by atoms with Crippen molar-refractivity contribution in [3.63, 3.8) is 0 Å². The fraction of sp³-hybridized carbons (Fsp3) is 0. The van der Waals surface area contributed by atoms with E-state index < -0.39 is 21.2 Å². The van der Waals surface area contributed by atoms with E-state index >= 15 is 0 Å². The summed E-state index contributed by atoms with van der Waals surface area (Å²) in [7, 11) is 0. The molecule has 0 aliphatic carbocycles. The first-order valence-corrected chi connectivity index (χ1v) is 3.04. The Hall–Kier alpha value is -2.25. The molecule has 0 saturated carbocycles. The lowest BCUT2D eigenvalue weighted by atomic mass is 10.4. The molecule has 0 saturated heterocycles. The van der Waals surface area contributed by atoms with Crippen LogP contribution in [-0.4, -0.2) is 14.6 Å². The maximum atomic E-state index is 10.7. The molecule has 0 amide bonds. The minimum absolute atomic E-state index is 0.0537. The number of rotatable bonds is 2. The smallest absolute Gasteiger partial charge is 0.263 e. The zero-order valence-electron chi connectivity index (χ0n) is 6.11. The Morgan fingerprint density at radius 3 is 2.31 bits per heavy atom. The summed E-state index contributed by atoms with van der Waals surface area (Å²) in [4.78, 5) is 30.2. The summed E-state index contributed by atoms with van der Waals surface area (Å²) in [6.45, 7) is 0. The Morgan fingerprint density at radius 2 is 1.85 bits per heavy atom. The predicted octanol–water partition coefficient (Wildman–Crippen LogP) is -0.204. The molecule has 1 rings (SSSR count). The van der Waals surface area contributed by atoms with E-state index in [0.29, 0.717) is 6.20 Å². The van der Waals surface area contributed by atoms with E-state index in [-0.39, 0.29) is 4.68 Å². The SMILES string of the molecule is O=c1ccc([N+](=O)[O-])cn1[N+](=O)[O-]. The number of pyridine rings is 1. The number of aromatic nitrogens is 1. The zero-order valence-corrected chi connectivity index (χ0v) is 6.11. The van der Waals surface area contributed by atoms with E-state index in [1.165, 1.54) is 0 Å². The summed E-state index contributed by atoms with van der Waals surface area (Å²) < 4.78 is 0.0537. The quantitative estimate of drug-likeness (QED) is 0.468. The van der Waals surface area contributed by atoms with Gasteiger partial charge >= 0.3 is 5.56 Å². The summed E-state index contributed by atoms with van der Waals surface area (Å²) >= 11 is 0. The van der Waals surface area contributed by atoms with Gasteiger partial charge in [-0.25, -0.2) is 10.1 Å². The van der Waals surface area contributed by atoms with Crippen LogP contribution in [0.1, 0.15) is 0 Å². The second-order valence-corrected chi connectivity index (χ2v) is 2.07. The van der Waals surface area contributed by atoms with Crippen LogP contribution in [0.5, 0.6) is 0 Å². The molecule has 0 unspecified atom stereocenters. The third kappa shape index (κ3) is 1.67. The maximum absolute atomic E-state index is 10.7. The maximum Gasteiger partial charge on any atom is 0.312 e. The van der Waals surface area contributed by atoms with Crippen LogP contribution in [-0.2, 0) is 0 Å². The Labute approximate surface area is 70.3 Å². The second kappa shape index (κ2) is 3.01. The van der Waals surface area contributed by atoms with Crippen LogP contribution < -0.4 is 5.56 Å². The highest BCUT2D eigenvalue weighted by molar-refractivity contribution is 5.24. The van der Waals surface area contributed by atoms with Gasteiger partial charge in [-0.15, -0.1) is 0 Å². The summed E-state index contributed by atoms with van der Waals surface area (Å²) in [5, 5.41) is 19.3. The standard InChI is InChI=1S/C5H3N3O5/c9-5-2-1-4(7(10)11)3-6(5)8(12)13/h1-3H. The van der Waals surface area contributed by atoms with Crippen LogP contribution in [0.4, 0.5) is 5.69 Å². The van der Waals surface area contributed by atoms with Gasteiger partial charge in [-0.05, 0) is 4.68 Å². The first kappa shape index (κ1) is 8.84. The average Bonchev–Trinajstić information content (AvgIpc) is 2.04. The third-order valence-corrected chi connectivity index (χ3v) is 1.26. The van der Waals surface area contributed by atoms with Crippen LogP contribution in [0.25, 0.3) is 0 Å². The molecule has 0 aliphatic heterocycles. The largest absolute Gasteiger partial charge is 0.312 e. The van der Waals surface area contributed by atoms with Crippen molar-refractivity contribution in [3.05, 3.63) is 48.9 Å². The van der Waals surface area contributed by atoms with Gasteiger partial charge in [0.15, 0.2) is 11.2 Å². The monoisotopic (exact) mass is 185 g/mol. The van der Waals surface area contributed by atoms with Crippen molar-refractivity contribution in [1.82, 2.24) is 4.68 Å². The molecular formula is C5H3N3O5. The highest BCUT2D eigenvalue weighted by Gasteiger charge is 2.12. The minimum atomic E-state index is -1.03. The third-order valence-electron chi connectivity index (χ3n) is 1.26. The van der Waals surface area contributed by atoms with Crippen LogP contribution in [0.15, 0.2) is 23.1 Å². The van der Waals surface area contributed by atoms with Crippen molar-refractivity contribution >= 4 is 5.69 Å². The molecule has 0 bridgehead atoms. The van der Waals surface area contributed by atoms with Crippen molar-refractivity contribution in [1.29, 1.82) is 0 Å². The molecule has 0 radical (unpaired) electrons. The van der Waals surface area contributed by atoms with E-state index in [2.05, 4.69) is 0 Å². The molecule has 8 nitrogen and oxygen atoms in total. The van der Waals surface area contributed by atoms with E-state index in [1.807, 2.05) is 0 Å². The topological polar surface area (TPSA) is 108 Å². The highest BCUT2D eigenvalue weighted by Crippen LogP contribution is 2.05. The predicted molar refractivity (Wildman–Crippen MR) is 39.7 cm³/mol. The first-order valence-electron chi connectivity index (χ1n) is 3.04. The molecule has 0 aliphatic rings. The van der Waals surface area contributed by atoms with Gasteiger partial charge in [0, 0.05) is 12.1 Å². The number of hydrogen-bond acceptors (Lipinski definition) is 5. The van der Waals surface area contributed by atoms with Crippen LogP contribution in [0.2, 0.25) is 0 Å². The van der Waals surface area contributed by atoms with E-state index in [1.54, 1.807) is 0 Å². The lowest BCUT2D eigenvalue weighted by Gasteiger charge is -1.92. The van der Waals surface area contributed by atoms with Crippen molar-refractivity contribution in [2.75, 3.05) is 0 Å². The number of nitrogens with zero attached hydrogens (tertiary/aromatic N) is 3. The Bertz CT molecular complexity index is 422. The highest BCUT2D eigenvalue weighted by atomic mass is 16.7. The average molecular weight is 185 g/mol. The van der Waals surface area contributed by atoms with Crippen molar-refractivity contribution in [2.45, 2.75) is 0 Å². The van der Waals surface area contributed by atoms with Gasteiger partial charge in [0.05, 0.1) is 4.92 Å². The Morgan fingerprint density at radius 1 is 1.23 bits per heavy atom. The minimum Gasteiger partial charge on any atom is -0.263 e. The summed E-state index contributed by atoms with van der Waals surface area (Å²) in [6, 6.07) is 1.67. The fourth-order valence-corrected chi connectivity index (χ4v) is 0.701. The van der Waals surface area contributed by atoms with Crippen LogP contribution >= 0.6 is 0 Å². The number of nitro groups is 2. The van der Waals surface area contributed by atoms with Gasteiger partial charge in [0.25, 0.3) is 5.69 Å². The summed E-state index contributed by atoms with van der Waals surface area (Å²) in [6.07, 6.45) is 0.558. The zero-order chi connectivity index (χ0) is 10.0. The van der Waals surface area contributed by atoms with Gasteiger partial charge in [-0.2, -0.15) is 0 Å². The van der Waals surface area contributed by atoms with Crippen LogP contribution in [0.3, 0.4) is 0 Å². The molecule has 0 atom stereocenters. The molecule has 0 fully saturated rings. The lowest BCUT2D eigenvalue weighted by Crippen LogP contribution is -2.24. The van der Waals surface area contributed by atoms with Crippen molar-refractivity contribution < 1.29 is 9.96 Å².